The summed E-state index contributed by atoms with van der Waals surface area (Å²) in [6, 6.07) is 0. The number of hydrogen-bond donors (Lipinski definition) is 0. The maximum atomic E-state index is 13.2. The highest BCUT2D eigenvalue weighted by atomic mass is 19.4. The summed E-state index contributed by atoms with van der Waals surface area (Å²) in [5, 5.41) is 0. The Kier molecular flexibility index (Phi) is 12.7. The molecule has 0 saturated carbocycles. The monoisotopic (exact) mass is 426 g/mol. The summed E-state index contributed by atoms with van der Waals surface area (Å²) >= 11 is 0. The highest BCUT2D eigenvalue weighted by molar-refractivity contribution is 4.96. The molecule has 0 N–H and O–H groups in total. The molecule has 0 bridgehead atoms. The Bertz CT molecular complexity index is 415. The second kappa shape index (κ2) is 10.2. The zero-order chi connectivity index (χ0) is 20.2. The van der Waals surface area contributed by atoms with Gasteiger partial charge in [0.05, 0.1) is 7.18 Å². The maximum absolute atomic E-state index is 13.2. The van der Waals surface area contributed by atoms with E-state index in [4.69, 9.17) is 0 Å². The molecule has 0 aliphatic rings. The first-order valence-corrected chi connectivity index (χ1v) is 5.00. The van der Waals surface area contributed by atoms with Gasteiger partial charge in [-0.15, -0.1) is 0 Å². The first kappa shape index (κ1) is 32.4. The van der Waals surface area contributed by atoms with E-state index in [9.17, 15) is 57.1 Å². The fourth-order valence-electron chi connectivity index (χ4n) is 0.780. The standard InChI is InChI=1S/C8H4F12O2.CH3F.2CH4/c1-3(9)5(13,14)22-6(15,7(16,17)18)8(19,20)21-2-4(10,11)12;1-2;;/h1-2H2;1H3;2*1H4. The van der Waals surface area contributed by atoms with Crippen LogP contribution in [-0.2, 0) is 9.47 Å². The van der Waals surface area contributed by atoms with Gasteiger partial charge in [-0.3, -0.25) is 9.13 Å². The van der Waals surface area contributed by atoms with Crippen LogP contribution in [0.5, 0.6) is 0 Å². The second-order valence-electron chi connectivity index (χ2n) is 3.54. The molecule has 0 aliphatic carbocycles. The van der Waals surface area contributed by atoms with E-state index in [0.717, 1.165) is 0 Å². The third kappa shape index (κ3) is 8.42. The average molecular weight is 426 g/mol. The zero-order valence-electron chi connectivity index (χ0n) is 11.1. The van der Waals surface area contributed by atoms with Crippen LogP contribution in [0.1, 0.15) is 14.9 Å². The molecule has 1 unspecified atom stereocenters. The van der Waals surface area contributed by atoms with Crippen LogP contribution in [0, 0.1) is 0 Å². The predicted molar refractivity (Wildman–Crippen MR) is 63.6 cm³/mol. The Hall–Kier alpha value is -1.25. The summed E-state index contributed by atoms with van der Waals surface area (Å²) in [6.07, 6.45) is -25.2. The van der Waals surface area contributed by atoms with E-state index in [1.807, 2.05) is 4.74 Å². The summed E-state index contributed by atoms with van der Waals surface area (Å²) in [5.41, 5.74) is 0. The topological polar surface area (TPSA) is 18.5 Å². The third-order valence-corrected chi connectivity index (χ3v) is 1.74. The van der Waals surface area contributed by atoms with Crippen molar-refractivity contribution < 1.29 is 66.5 Å². The number of hydrogen-bond acceptors (Lipinski definition) is 2. The van der Waals surface area contributed by atoms with Gasteiger partial charge in [-0.2, -0.15) is 48.3 Å². The highest BCUT2D eigenvalue weighted by Crippen LogP contribution is 2.50. The van der Waals surface area contributed by atoms with Crippen molar-refractivity contribution in [2.24, 2.45) is 0 Å². The van der Waals surface area contributed by atoms with Gasteiger partial charge < -0.3 is 4.74 Å². The van der Waals surface area contributed by atoms with Crippen molar-refractivity contribution in [3.05, 3.63) is 12.4 Å². The van der Waals surface area contributed by atoms with E-state index >= 15 is 0 Å². The van der Waals surface area contributed by atoms with Crippen molar-refractivity contribution in [2.75, 3.05) is 13.8 Å². The quantitative estimate of drug-likeness (QED) is 0.462. The Morgan fingerprint density at radius 2 is 1.15 bits per heavy atom. The molecule has 1 atom stereocenters. The molecular weight excluding hydrogens is 411 g/mol. The molecule has 0 aromatic heterocycles. The SMILES string of the molecule is C.C.C=C(F)C(F)(F)OC(F)(C(F)(F)F)C(F)(F)OCC(F)(F)F.CF. The molecule has 0 heterocycles. The molecule has 162 valence electrons. The molecule has 0 fully saturated rings. The van der Waals surface area contributed by atoms with Crippen LogP contribution < -0.4 is 0 Å². The molecule has 15 heteroatoms. The van der Waals surface area contributed by atoms with Crippen molar-refractivity contribution in [2.45, 2.75) is 45.3 Å². The molecule has 0 spiro atoms. The van der Waals surface area contributed by atoms with Crippen LogP contribution in [0.4, 0.5) is 57.1 Å². The van der Waals surface area contributed by atoms with Crippen molar-refractivity contribution in [3.8, 4) is 0 Å². The molecule has 0 aromatic carbocycles. The first-order valence-electron chi connectivity index (χ1n) is 5.00. The van der Waals surface area contributed by atoms with Crippen molar-refractivity contribution >= 4 is 0 Å². The number of rotatable bonds is 6. The van der Waals surface area contributed by atoms with Gasteiger partial charge in [0.1, 0.15) is 6.61 Å². The highest BCUT2D eigenvalue weighted by Gasteiger charge is 2.77. The van der Waals surface area contributed by atoms with E-state index < -0.39 is 42.9 Å². The second-order valence-corrected chi connectivity index (χ2v) is 3.54. The van der Waals surface area contributed by atoms with E-state index in [0.29, 0.717) is 7.18 Å². The number of halogens is 13. The molecule has 0 aliphatic heterocycles. The number of ether oxygens (including phenoxy) is 2. The van der Waals surface area contributed by atoms with Gasteiger partial charge in [-0.25, -0.2) is 4.39 Å². The Morgan fingerprint density at radius 3 is 1.38 bits per heavy atom. The molecule has 26 heavy (non-hydrogen) atoms. The summed E-state index contributed by atoms with van der Waals surface area (Å²) in [5.74, 6) is -9.89. The normalized spacial score (nSPS) is 14.8. The largest absolute Gasteiger partial charge is 0.458 e. The van der Waals surface area contributed by atoms with E-state index in [-0.39, 0.29) is 14.9 Å². The fourth-order valence-corrected chi connectivity index (χ4v) is 0.780. The lowest BCUT2D eigenvalue weighted by Crippen LogP contribution is -2.61. The van der Waals surface area contributed by atoms with Crippen LogP contribution in [0.15, 0.2) is 12.4 Å². The van der Waals surface area contributed by atoms with Crippen molar-refractivity contribution in [1.82, 2.24) is 0 Å². The minimum Gasteiger partial charge on any atom is -0.306 e. The van der Waals surface area contributed by atoms with Crippen LogP contribution in [-0.4, -0.2) is 44.2 Å². The average Bonchev–Trinajstić information content (AvgIpc) is 2.36. The molecule has 0 saturated heterocycles. The molecule has 0 rings (SSSR count). The Balaban J connectivity index is -0.000000582. The smallest absolute Gasteiger partial charge is 0.306 e. The van der Waals surface area contributed by atoms with Crippen molar-refractivity contribution in [3.63, 3.8) is 0 Å². The van der Waals surface area contributed by atoms with Gasteiger partial charge in [0.25, 0.3) is 0 Å². The Morgan fingerprint density at radius 1 is 0.808 bits per heavy atom. The summed E-state index contributed by atoms with van der Waals surface area (Å²) in [6.45, 7) is -1.41. The van der Waals surface area contributed by atoms with Gasteiger partial charge in [0.15, 0.2) is 5.83 Å². The minimum absolute atomic E-state index is 0. The summed E-state index contributed by atoms with van der Waals surface area (Å²) < 4.78 is 161. The third-order valence-electron chi connectivity index (χ3n) is 1.74. The van der Waals surface area contributed by atoms with Gasteiger partial charge in [0.2, 0.25) is 0 Å². The fraction of sp³-hybridized carbons (Fsp3) is 0.818. The number of alkyl halides is 12. The van der Waals surface area contributed by atoms with E-state index in [1.54, 1.807) is 6.58 Å². The van der Waals surface area contributed by atoms with Gasteiger partial charge in [0, 0.05) is 0 Å². The lowest BCUT2D eigenvalue weighted by Gasteiger charge is -2.35. The molecular formula is C11H15F13O2. The Labute approximate surface area is 139 Å². The first-order chi connectivity index (χ1) is 10.4. The van der Waals surface area contributed by atoms with Crippen LogP contribution >= 0.6 is 0 Å². The van der Waals surface area contributed by atoms with Crippen LogP contribution in [0.2, 0.25) is 0 Å². The predicted octanol–water partition coefficient (Wildman–Crippen LogP) is 6.34. The lowest BCUT2D eigenvalue weighted by atomic mass is 10.2. The van der Waals surface area contributed by atoms with Crippen LogP contribution in [0.25, 0.3) is 0 Å². The maximum Gasteiger partial charge on any atom is 0.458 e. The summed E-state index contributed by atoms with van der Waals surface area (Å²) in [4.78, 5) is 0. The van der Waals surface area contributed by atoms with E-state index in [1.165, 1.54) is 0 Å². The van der Waals surface area contributed by atoms with Crippen molar-refractivity contribution in [1.29, 1.82) is 0 Å². The van der Waals surface area contributed by atoms with E-state index in [2.05, 4.69) is 4.74 Å². The van der Waals surface area contributed by atoms with Gasteiger partial charge >= 0.3 is 30.4 Å². The molecule has 0 radical (unpaired) electrons. The van der Waals surface area contributed by atoms with Gasteiger partial charge in [-0.1, -0.05) is 21.4 Å². The molecule has 0 aromatic rings. The van der Waals surface area contributed by atoms with Gasteiger partial charge in [-0.05, 0) is 0 Å². The minimum atomic E-state index is -7.01. The lowest BCUT2D eigenvalue weighted by molar-refractivity contribution is -0.500. The molecule has 0 amide bonds. The zero-order valence-corrected chi connectivity index (χ0v) is 11.1. The molecule has 2 nitrogen and oxygen atoms in total. The van der Waals surface area contributed by atoms with Crippen LogP contribution in [0.3, 0.4) is 0 Å². The summed E-state index contributed by atoms with van der Waals surface area (Å²) in [7, 11) is 0.500.